The number of nitrogens with one attached hydrogen (secondary N) is 1. The summed E-state index contributed by atoms with van der Waals surface area (Å²) in [5, 5.41) is 8.06. The van der Waals surface area contributed by atoms with Crippen molar-refractivity contribution in [2.45, 2.75) is 32.7 Å². The lowest BCUT2D eigenvalue weighted by molar-refractivity contribution is 0.494. The first-order valence-electron chi connectivity index (χ1n) is 6.80. The van der Waals surface area contributed by atoms with Gasteiger partial charge in [-0.1, -0.05) is 11.6 Å². The predicted molar refractivity (Wildman–Crippen MR) is 80.6 cm³/mol. The maximum atomic E-state index is 6.14. The van der Waals surface area contributed by atoms with Gasteiger partial charge in [0.1, 0.15) is 23.1 Å². The van der Waals surface area contributed by atoms with Crippen LogP contribution in [0.4, 0.5) is 5.82 Å². The van der Waals surface area contributed by atoms with Crippen LogP contribution in [0.15, 0.2) is 29.1 Å². The third kappa shape index (κ3) is 2.85. The van der Waals surface area contributed by atoms with Crippen molar-refractivity contribution in [1.29, 1.82) is 0 Å². The smallest absolute Gasteiger partial charge is 0.255 e. The van der Waals surface area contributed by atoms with Gasteiger partial charge in [-0.15, -0.1) is 0 Å². The van der Waals surface area contributed by atoms with E-state index in [4.69, 9.17) is 16.0 Å². The van der Waals surface area contributed by atoms with Crippen molar-refractivity contribution in [2.24, 2.45) is 0 Å². The third-order valence-corrected chi connectivity index (χ3v) is 3.76. The van der Waals surface area contributed by atoms with Crippen LogP contribution >= 0.6 is 11.6 Å². The Morgan fingerprint density at radius 2 is 2.33 bits per heavy atom. The minimum absolute atomic E-state index is 0.236. The molecule has 21 heavy (non-hydrogen) atoms. The van der Waals surface area contributed by atoms with Crippen LogP contribution in [-0.4, -0.2) is 25.6 Å². The number of fused-ring (bicyclic) bond motifs is 1. The number of nitrogens with zero attached hydrogens (tertiary/aromatic N) is 4. The fourth-order valence-corrected chi connectivity index (χ4v) is 2.35. The van der Waals surface area contributed by atoms with Crippen LogP contribution in [0, 0.1) is 6.92 Å². The molecule has 0 spiro atoms. The predicted octanol–water partition coefficient (Wildman–Crippen LogP) is 3.11. The van der Waals surface area contributed by atoms with Crippen LogP contribution < -0.4 is 5.32 Å². The van der Waals surface area contributed by atoms with E-state index in [1.54, 1.807) is 10.8 Å². The van der Waals surface area contributed by atoms with Gasteiger partial charge in [-0.2, -0.15) is 19.6 Å². The molecule has 110 valence electrons. The van der Waals surface area contributed by atoms with Crippen LogP contribution in [0.5, 0.6) is 0 Å². The minimum Gasteiger partial charge on any atom is -0.469 e. The summed E-state index contributed by atoms with van der Waals surface area (Å²) in [4.78, 5) is 8.27. The number of furan rings is 1. The Hall–Kier alpha value is -2.08. The highest BCUT2D eigenvalue weighted by Gasteiger charge is 2.14. The van der Waals surface area contributed by atoms with Crippen molar-refractivity contribution >= 4 is 23.2 Å². The van der Waals surface area contributed by atoms with Gasteiger partial charge in [0.15, 0.2) is 0 Å². The molecule has 0 radical (unpaired) electrons. The van der Waals surface area contributed by atoms with E-state index in [-0.39, 0.29) is 6.04 Å². The van der Waals surface area contributed by atoms with Gasteiger partial charge in [-0.3, -0.25) is 0 Å². The van der Waals surface area contributed by atoms with Crippen molar-refractivity contribution in [1.82, 2.24) is 19.6 Å². The van der Waals surface area contributed by atoms with E-state index in [1.807, 2.05) is 19.1 Å². The molecule has 0 saturated heterocycles. The molecule has 1 N–H and O–H groups in total. The number of aryl methyl sites for hydroxylation is 1. The lowest BCUT2D eigenvalue weighted by atomic mass is 10.1. The van der Waals surface area contributed by atoms with E-state index in [1.165, 1.54) is 6.33 Å². The quantitative estimate of drug-likeness (QED) is 0.734. The molecule has 3 aromatic rings. The Labute approximate surface area is 127 Å². The summed E-state index contributed by atoms with van der Waals surface area (Å²) in [6.07, 6.45) is 4.97. The standard InChI is InChI=1S/C14H16ClN5O/c1-9(5-6-11-4-3-7-21-11)18-13-10(2)12(15)19-14-16-8-17-20(13)14/h3-4,7-9,18H,5-6H2,1-2H3. The monoisotopic (exact) mass is 305 g/mol. The van der Waals surface area contributed by atoms with E-state index >= 15 is 0 Å². The average Bonchev–Trinajstić information content (AvgIpc) is 3.12. The van der Waals surface area contributed by atoms with Gasteiger partial charge in [0.05, 0.1) is 6.26 Å². The lowest BCUT2D eigenvalue weighted by Gasteiger charge is -2.17. The molecular formula is C14H16ClN5O. The largest absolute Gasteiger partial charge is 0.469 e. The summed E-state index contributed by atoms with van der Waals surface area (Å²) >= 11 is 6.14. The first kappa shape index (κ1) is 13.9. The first-order valence-corrected chi connectivity index (χ1v) is 7.17. The van der Waals surface area contributed by atoms with Crippen molar-refractivity contribution in [2.75, 3.05) is 5.32 Å². The number of rotatable bonds is 5. The third-order valence-electron chi connectivity index (χ3n) is 3.39. The summed E-state index contributed by atoms with van der Waals surface area (Å²) in [6, 6.07) is 4.12. The molecule has 0 aliphatic carbocycles. The summed E-state index contributed by atoms with van der Waals surface area (Å²) in [5.41, 5.74) is 0.861. The molecule has 6 nitrogen and oxygen atoms in total. The van der Waals surface area contributed by atoms with Gasteiger partial charge >= 0.3 is 0 Å². The number of aromatic nitrogens is 4. The van der Waals surface area contributed by atoms with Crippen molar-refractivity contribution in [3.05, 3.63) is 41.2 Å². The van der Waals surface area contributed by atoms with Gasteiger partial charge in [0.25, 0.3) is 5.78 Å². The Balaban J connectivity index is 1.77. The van der Waals surface area contributed by atoms with Crippen LogP contribution in [0.1, 0.15) is 24.7 Å². The first-order chi connectivity index (χ1) is 10.1. The molecule has 0 aliphatic heterocycles. The zero-order valence-electron chi connectivity index (χ0n) is 11.9. The normalized spacial score (nSPS) is 12.7. The fraction of sp³-hybridized carbons (Fsp3) is 0.357. The van der Waals surface area contributed by atoms with Gasteiger partial charge < -0.3 is 9.73 Å². The average molecular weight is 306 g/mol. The summed E-state index contributed by atoms with van der Waals surface area (Å²) in [5.74, 6) is 2.31. The molecular weight excluding hydrogens is 290 g/mol. The second-order valence-electron chi connectivity index (χ2n) is 5.01. The van der Waals surface area contributed by atoms with Crippen molar-refractivity contribution in [3.8, 4) is 0 Å². The minimum atomic E-state index is 0.236. The highest BCUT2D eigenvalue weighted by Crippen LogP contribution is 2.23. The molecule has 0 bridgehead atoms. The van der Waals surface area contributed by atoms with Gasteiger partial charge in [0.2, 0.25) is 0 Å². The highest BCUT2D eigenvalue weighted by atomic mass is 35.5. The van der Waals surface area contributed by atoms with Crippen LogP contribution in [0.25, 0.3) is 5.78 Å². The van der Waals surface area contributed by atoms with Gasteiger partial charge in [0, 0.05) is 18.0 Å². The maximum absolute atomic E-state index is 6.14. The number of hydrogen-bond acceptors (Lipinski definition) is 5. The number of hydrogen-bond donors (Lipinski definition) is 1. The molecule has 3 rings (SSSR count). The summed E-state index contributed by atoms with van der Waals surface area (Å²) < 4.78 is 7.02. The molecule has 0 amide bonds. The van der Waals surface area contributed by atoms with Crippen LogP contribution in [0.3, 0.4) is 0 Å². The van der Waals surface area contributed by atoms with Crippen molar-refractivity contribution < 1.29 is 4.42 Å². The Morgan fingerprint density at radius 3 is 3.10 bits per heavy atom. The Morgan fingerprint density at radius 1 is 1.48 bits per heavy atom. The second-order valence-corrected chi connectivity index (χ2v) is 5.37. The zero-order chi connectivity index (χ0) is 14.8. The van der Waals surface area contributed by atoms with Crippen LogP contribution in [0.2, 0.25) is 5.15 Å². The maximum Gasteiger partial charge on any atom is 0.255 e. The van der Waals surface area contributed by atoms with Gasteiger partial charge in [-0.05, 0) is 32.4 Å². The molecule has 0 fully saturated rings. The van der Waals surface area contributed by atoms with Crippen LogP contribution in [-0.2, 0) is 6.42 Å². The topological polar surface area (TPSA) is 68.2 Å². The molecule has 0 aromatic carbocycles. The van der Waals surface area contributed by atoms with Gasteiger partial charge in [-0.25, -0.2) is 0 Å². The molecule has 3 aromatic heterocycles. The highest BCUT2D eigenvalue weighted by molar-refractivity contribution is 6.30. The van der Waals surface area contributed by atoms with E-state index in [9.17, 15) is 0 Å². The van der Waals surface area contributed by atoms with E-state index in [2.05, 4.69) is 27.3 Å². The summed E-state index contributed by atoms with van der Waals surface area (Å²) in [6.45, 7) is 4.03. The summed E-state index contributed by atoms with van der Waals surface area (Å²) in [7, 11) is 0. The van der Waals surface area contributed by atoms with Crippen molar-refractivity contribution in [3.63, 3.8) is 0 Å². The Bertz CT molecular complexity index is 737. The molecule has 3 heterocycles. The molecule has 7 heteroatoms. The molecule has 1 atom stereocenters. The van der Waals surface area contributed by atoms with E-state index in [0.717, 1.165) is 30.0 Å². The zero-order valence-corrected chi connectivity index (χ0v) is 12.6. The Kier molecular flexibility index (Phi) is 3.79. The number of halogens is 1. The molecule has 0 aliphatic rings. The second kappa shape index (κ2) is 5.73. The SMILES string of the molecule is Cc1c(Cl)nc2ncnn2c1NC(C)CCc1ccco1. The lowest BCUT2D eigenvalue weighted by Crippen LogP contribution is -2.19. The fourth-order valence-electron chi connectivity index (χ4n) is 2.19. The van der Waals surface area contributed by atoms with E-state index < -0.39 is 0 Å². The molecule has 1 unspecified atom stereocenters. The molecule has 0 saturated carbocycles. The van der Waals surface area contributed by atoms with E-state index in [0.29, 0.717) is 10.9 Å². The number of anilines is 1.